The standard InChI is InChI=1S/C27H27FN4O4/c1-17(19-5-4-6-22(11-19)36-3)30-27(34)23-12-21(31-25(33)15-35-2)13-24-26(23)32(16-29-24)14-18-7-9-20(28)10-8-18/h4-13,16-17H,14-15H2,1-3H3,(H,30,34)(H,31,33)/t17-/m1/s1. The van der Waals surface area contributed by atoms with Crippen molar-refractivity contribution in [2.24, 2.45) is 0 Å². The lowest BCUT2D eigenvalue weighted by atomic mass is 10.1. The van der Waals surface area contributed by atoms with Crippen molar-refractivity contribution in [3.8, 4) is 5.75 Å². The highest BCUT2D eigenvalue weighted by Gasteiger charge is 2.20. The van der Waals surface area contributed by atoms with Gasteiger partial charge in [-0.25, -0.2) is 9.37 Å². The second-order valence-electron chi connectivity index (χ2n) is 8.34. The maximum absolute atomic E-state index is 13.5. The molecule has 0 unspecified atom stereocenters. The lowest BCUT2D eigenvalue weighted by Crippen LogP contribution is -2.27. The molecule has 0 aliphatic rings. The van der Waals surface area contributed by atoms with Gasteiger partial charge in [-0.05, 0) is 54.4 Å². The second kappa shape index (κ2) is 11.0. The first-order valence-corrected chi connectivity index (χ1v) is 11.3. The summed E-state index contributed by atoms with van der Waals surface area (Å²) in [4.78, 5) is 30.1. The second-order valence-corrected chi connectivity index (χ2v) is 8.34. The number of ether oxygens (including phenoxy) is 2. The summed E-state index contributed by atoms with van der Waals surface area (Å²) in [7, 11) is 3.02. The Bertz CT molecular complexity index is 1380. The first kappa shape index (κ1) is 24.9. The van der Waals surface area contributed by atoms with Crippen molar-refractivity contribution < 1.29 is 23.5 Å². The maximum atomic E-state index is 13.5. The Kier molecular flexibility index (Phi) is 7.60. The Labute approximate surface area is 208 Å². The average Bonchev–Trinajstić information content (AvgIpc) is 3.27. The van der Waals surface area contributed by atoms with Crippen molar-refractivity contribution >= 4 is 28.5 Å². The fraction of sp³-hybridized carbons (Fsp3) is 0.222. The van der Waals surface area contributed by atoms with E-state index in [1.807, 2.05) is 35.8 Å². The first-order chi connectivity index (χ1) is 17.4. The van der Waals surface area contributed by atoms with E-state index in [2.05, 4.69) is 15.6 Å². The van der Waals surface area contributed by atoms with E-state index in [0.29, 0.717) is 34.6 Å². The van der Waals surface area contributed by atoms with E-state index in [-0.39, 0.29) is 30.3 Å². The number of hydrogen-bond donors (Lipinski definition) is 2. The zero-order valence-corrected chi connectivity index (χ0v) is 20.2. The van der Waals surface area contributed by atoms with Crippen LogP contribution in [-0.4, -0.2) is 42.2 Å². The molecular formula is C27H27FN4O4. The molecule has 0 aliphatic carbocycles. The molecule has 4 rings (SSSR count). The van der Waals surface area contributed by atoms with E-state index in [0.717, 1.165) is 11.1 Å². The van der Waals surface area contributed by atoms with Crippen LogP contribution in [0.15, 0.2) is 67.0 Å². The summed E-state index contributed by atoms with van der Waals surface area (Å²) in [5.41, 5.74) is 3.63. The van der Waals surface area contributed by atoms with Gasteiger partial charge >= 0.3 is 0 Å². The molecule has 8 nitrogen and oxygen atoms in total. The number of halogens is 1. The molecule has 0 bridgehead atoms. The van der Waals surface area contributed by atoms with Crippen LogP contribution in [0.4, 0.5) is 10.1 Å². The molecule has 1 heterocycles. The molecule has 2 amide bonds. The lowest BCUT2D eigenvalue weighted by molar-refractivity contribution is -0.119. The van der Waals surface area contributed by atoms with Crippen LogP contribution in [0.25, 0.3) is 11.0 Å². The minimum Gasteiger partial charge on any atom is -0.497 e. The van der Waals surface area contributed by atoms with Gasteiger partial charge in [0.15, 0.2) is 0 Å². The number of nitrogens with zero attached hydrogens (tertiary/aromatic N) is 2. The van der Waals surface area contributed by atoms with E-state index < -0.39 is 0 Å². The molecule has 0 radical (unpaired) electrons. The van der Waals surface area contributed by atoms with Crippen LogP contribution in [0, 0.1) is 5.82 Å². The number of nitrogens with one attached hydrogen (secondary N) is 2. The highest BCUT2D eigenvalue weighted by Crippen LogP contribution is 2.26. The maximum Gasteiger partial charge on any atom is 0.254 e. The van der Waals surface area contributed by atoms with Crippen molar-refractivity contribution in [3.05, 3.63) is 89.5 Å². The summed E-state index contributed by atoms with van der Waals surface area (Å²) in [6.07, 6.45) is 1.62. The van der Waals surface area contributed by atoms with Crippen molar-refractivity contribution in [2.45, 2.75) is 19.5 Å². The molecule has 1 aromatic heterocycles. The Balaban J connectivity index is 1.71. The highest BCUT2D eigenvalue weighted by molar-refractivity contribution is 6.07. The molecule has 9 heteroatoms. The van der Waals surface area contributed by atoms with Gasteiger partial charge < -0.3 is 24.7 Å². The Morgan fingerprint density at radius 3 is 2.58 bits per heavy atom. The summed E-state index contributed by atoms with van der Waals surface area (Å²) < 4.78 is 25.4. The number of rotatable bonds is 9. The normalized spacial score (nSPS) is 11.8. The SMILES string of the molecule is COCC(=O)Nc1cc(C(=O)N[C@H](C)c2cccc(OC)c2)c2c(c1)ncn2Cc1ccc(F)cc1. The molecule has 186 valence electrons. The Morgan fingerprint density at radius 2 is 1.86 bits per heavy atom. The first-order valence-electron chi connectivity index (χ1n) is 11.3. The molecule has 0 fully saturated rings. The number of imidazole rings is 1. The number of carbonyl (C=O) groups excluding carboxylic acids is 2. The topological polar surface area (TPSA) is 94.5 Å². The third-order valence-electron chi connectivity index (χ3n) is 5.72. The van der Waals surface area contributed by atoms with Crippen LogP contribution in [0.2, 0.25) is 0 Å². The van der Waals surface area contributed by atoms with E-state index >= 15 is 0 Å². The summed E-state index contributed by atoms with van der Waals surface area (Å²) in [6.45, 7) is 2.15. The van der Waals surface area contributed by atoms with Crippen molar-refractivity contribution in [1.29, 1.82) is 0 Å². The molecule has 4 aromatic rings. The number of hydrogen-bond acceptors (Lipinski definition) is 5. The fourth-order valence-corrected chi connectivity index (χ4v) is 3.96. The predicted molar refractivity (Wildman–Crippen MR) is 135 cm³/mol. The number of methoxy groups -OCH3 is 2. The third kappa shape index (κ3) is 5.69. The third-order valence-corrected chi connectivity index (χ3v) is 5.72. The molecular weight excluding hydrogens is 463 g/mol. The molecule has 36 heavy (non-hydrogen) atoms. The van der Waals surface area contributed by atoms with E-state index in [1.54, 1.807) is 37.7 Å². The number of aromatic nitrogens is 2. The van der Waals surface area contributed by atoms with Gasteiger partial charge in [0.1, 0.15) is 18.2 Å². The molecule has 0 saturated carbocycles. The predicted octanol–water partition coefficient (Wildman–Crippen LogP) is 4.31. The van der Waals surface area contributed by atoms with Gasteiger partial charge in [0.2, 0.25) is 5.91 Å². The fourth-order valence-electron chi connectivity index (χ4n) is 3.96. The molecule has 0 aliphatic heterocycles. The van der Waals surface area contributed by atoms with E-state index in [1.165, 1.54) is 19.2 Å². The highest BCUT2D eigenvalue weighted by atomic mass is 19.1. The largest absolute Gasteiger partial charge is 0.497 e. The van der Waals surface area contributed by atoms with Crippen LogP contribution in [0.5, 0.6) is 5.75 Å². The van der Waals surface area contributed by atoms with Gasteiger partial charge in [0.25, 0.3) is 5.91 Å². The quantitative estimate of drug-likeness (QED) is 0.365. The van der Waals surface area contributed by atoms with Gasteiger partial charge in [-0.3, -0.25) is 9.59 Å². The number of fused-ring (bicyclic) bond motifs is 1. The lowest BCUT2D eigenvalue weighted by Gasteiger charge is -2.17. The molecule has 0 spiro atoms. The van der Waals surface area contributed by atoms with E-state index in [9.17, 15) is 14.0 Å². The molecule has 3 aromatic carbocycles. The number of carbonyl (C=O) groups is 2. The number of amides is 2. The molecule has 1 atom stereocenters. The summed E-state index contributed by atoms with van der Waals surface area (Å²) in [5.74, 6) is -0.314. The van der Waals surface area contributed by atoms with Gasteiger partial charge in [-0.15, -0.1) is 0 Å². The smallest absolute Gasteiger partial charge is 0.254 e. The van der Waals surface area contributed by atoms with Crippen molar-refractivity contribution in [2.75, 3.05) is 26.1 Å². The summed E-state index contributed by atoms with van der Waals surface area (Å²) in [5, 5.41) is 5.77. The van der Waals surface area contributed by atoms with Crippen molar-refractivity contribution in [1.82, 2.24) is 14.9 Å². The van der Waals surface area contributed by atoms with Gasteiger partial charge in [-0.1, -0.05) is 24.3 Å². The number of anilines is 1. The summed E-state index contributed by atoms with van der Waals surface area (Å²) in [6, 6.07) is 16.6. The van der Waals surface area contributed by atoms with Crippen molar-refractivity contribution in [3.63, 3.8) is 0 Å². The Hall–Kier alpha value is -4.24. The minimum atomic E-state index is -0.348. The van der Waals surface area contributed by atoms with Crippen LogP contribution < -0.4 is 15.4 Å². The van der Waals surface area contributed by atoms with Gasteiger partial charge in [0.05, 0.1) is 36.1 Å². The monoisotopic (exact) mass is 490 g/mol. The zero-order valence-electron chi connectivity index (χ0n) is 20.2. The van der Waals surface area contributed by atoms with Crippen LogP contribution in [-0.2, 0) is 16.1 Å². The number of benzene rings is 3. The van der Waals surface area contributed by atoms with Crippen LogP contribution in [0.3, 0.4) is 0 Å². The van der Waals surface area contributed by atoms with Gasteiger partial charge in [0, 0.05) is 19.3 Å². The van der Waals surface area contributed by atoms with Crippen LogP contribution in [0.1, 0.15) is 34.5 Å². The zero-order chi connectivity index (χ0) is 25.7. The van der Waals surface area contributed by atoms with Gasteiger partial charge in [-0.2, -0.15) is 0 Å². The minimum absolute atomic E-state index is 0.120. The average molecular weight is 491 g/mol. The molecule has 2 N–H and O–H groups in total. The molecule has 0 saturated heterocycles. The van der Waals surface area contributed by atoms with E-state index in [4.69, 9.17) is 9.47 Å². The summed E-state index contributed by atoms with van der Waals surface area (Å²) >= 11 is 0. The Morgan fingerprint density at radius 1 is 1.08 bits per heavy atom. The van der Waals surface area contributed by atoms with Crippen LogP contribution >= 0.6 is 0 Å².